The monoisotopic (exact) mass is 642 g/mol. The Morgan fingerprint density at radius 3 is 2.26 bits per heavy atom. The number of ether oxygens (including phenoxy) is 1. The molecule has 3 aromatic carbocycles. The average molecular weight is 643 g/mol. The number of aromatic nitrogens is 2. The van der Waals surface area contributed by atoms with Crippen LogP contribution in [0, 0.1) is 5.82 Å². The third kappa shape index (κ3) is 8.16. The molecule has 0 spiro atoms. The average Bonchev–Trinajstić information content (AvgIpc) is 3.51. The quantitative estimate of drug-likeness (QED) is 0.0586. The second-order valence-electron chi connectivity index (χ2n) is 9.98. The Balaban J connectivity index is 0.000000218. The lowest BCUT2D eigenvalue weighted by atomic mass is 10.1. The van der Waals surface area contributed by atoms with Gasteiger partial charge in [0.1, 0.15) is 16.9 Å². The number of methoxy groups -OCH3 is 1. The van der Waals surface area contributed by atoms with Gasteiger partial charge in [-0.2, -0.15) is 0 Å². The van der Waals surface area contributed by atoms with E-state index < -0.39 is 35.7 Å². The van der Waals surface area contributed by atoms with Crippen molar-refractivity contribution in [1.82, 2.24) is 9.55 Å². The van der Waals surface area contributed by atoms with Crippen LogP contribution >= 0.6 is 0 Å². The molecule has 0 aliphatic heterocycles. The number of carbonyl (C=O) groups excluding carboxylic acids is 2. The van der Waals surface area contributed by atoms with Crippen LogP contribution in [-0.4, -0.2) is 65.7 Å². The van der Waals surface area contributed by atoms with Crippen LogP contribution in [-0.2, 0) is 16.1 Å². The first-order valence-corrected chi connectivity index (χ1v) is 13.7. The first-order chi connectivity index (χ1) is 22.4. The third-order valence-electron chi connectivity index (χ3n) is 6.77. The molecule has 2 aromatic heterocycles. The van der Waals surface area contributed by atoms with Crippen LogP contribution in [0.2, 0.25) is 0 Å². The highest BCUT2D eigenvalue weighted by atomic mass is 19.1. The zero-order chi connectivity index (χ0) is 34.2. The summed E-state index contributed by atoms with van der Waals surface area (Å²) < 4.78 is 19.4. The van der Waals surface area contributed by atoms with Crippen molar-refractivity contribution >= 4 is 46.6 Å². The minimum Gasteiger partial charge on any atom is -0.505 e. The van der Waals surface area contributed by atoms with E-state index in [0.29, 0.717) is 23.2 Å². The highest BCUT2D eigenvalue weighted by Gasteiger charge is 2.20. The predicted molar refractivity (Wildman–Crippen MR) is 167 cm³/mol. The SMILES string of the molecule is COc1cc(/C=C/c2ccc3ccc(C(=O)O)c(O)c3n2)cc(O)c1O.O=C(O)C(=O)CC(=O)c1cccn1Cc1ccc(F)cc1. The van der Waals surface area contributed by atoms with Crippen LogP contribution in [0.3, 0.4) is 0 Å². The van der Waals surface area contributed by atoms with Crippen LogP contribution in [0.15, 0.2) is 79.0 Å². The summed E-state index contributed by atoms with van der Waals surface area (Å²) >= 11 is 0. The van der Waals surface area contributed by atoms with Crippen molar-refractivity contribution in [3.8, 4) is 23.0 Å². The van der Waals surface area contributed by atoms with E-state index in [-0.39, 0.29) is 39.8 Å². The van der Waals surface area contributed by atoms with Gasteiger partial charge in [-0.3, -0.25) is 9.59 Å². The van der Waals surface area contributed by atoms with E-state index in [1.54, 1.807) is 59.3 Å². The molecule has 240 valence electrons. The van der Waals surface area contributed by atoms with Gasteiger partial charge in [-0.05, 0) is 65.7 Å². The van der Waals surface area contributed by atoms with Gasteiger partial charge in [0.05, 0.1) is 24.9 Å². The van der Waals surface area contributed by atoms with Crippen molar-refractivity contribution in [3.05, 3.63) is 113 Å². The van der Waals surface area contributed by atoms with Gasteiger partial charge < -0.3 is 34.8 Å². The predicted octanol–water partition coefficient (Wildman–Crippen LogP) is 5.13. The molecule has 0 radical (unpaired) electrons. The Hall–Kier alpha value is -6.50. The number of hydrogen-bond acceptors (Lipinski definition) is 9. The van der Waals surface area contributed by atoms with Crippen LogP contribution in [0.1, 0.15) is 44.1 Å². The summed E-state index contributed by atoms with van der Waals surface area (Å²) in [5, 5.41) is 47.7. The molecule has 5 N–H and O–H groups in total. The van der Waals surface area contributed by atoms with E-state index in [0.717, 1.165) is 5.56 Å². The summed E-state index contributed by atoms with van der Waals surface area (Å²) in [4.78, 5) is 48.9. The van der Waals surface area contributed by atoms with Gasteiger partial charge in [-0.25, -0.2) is 19.0 Å². The number of rotatable bonds is 10. The second kappa shape index (κ2) is 14.5. The highest BCUT2D eigenvalue weighted by molar-refractivity contribution is 6.37. The number of Topliss-reactive ketones (excluding diaryl/α,β-unsaturated/α-hetero) is 2. The van der Waals surface area contributed by atoms with Gasteiger partial charge >= 0.3 is 11.9 Å². The van der Waals surface area contributed by atoms with Crippen LogP contribution in [0.25, 0.3) is 23.1 Å². The number of aromatic carboxylic acids is 1. The molecular formula is C34H27FN2O10. The summed E-state index contributed by atoms with van der Waals surface area (Å²) in [6.07, 6.45) is 4.22. The van der Waals surface area contributed by atoms with Crippen molar-refractivity contribution in [3.63, 3.8) is 0 Å². The zero-order valence-electron chi connectivity index (χ0n) is 24.6. The summed E-state index contributed by atoms with van der Waals surface area (Å²) in [5.74, 6) is -5.86. The molecule has 13 heteroatoms. The Labute approximate surface area is 265 Å². The van der Waals surface area contributed by atoms with Gasteiger partial charge in [-0.1, -0.05) is 30.3 Å². The van der Waals surface area contributed by atoms with Crippen molar-refractivity contribution in [2.24, 2.45) is 0 Å². The van der Waals surface area contributed by atoms with E-state index >= 15 is 0 Å². The molecule has 0 atom stereocenters. The zero-order valence-corrected chi connectivity index (χ0v) is 24.6. The fourth-order valence-corrected chi connectivity index (χ4v) is 4.41. The number of aromatic hydroxyl groups is 3. The Morgan fingerprint density at radius 2 is 1.60 bits per heavy atom. The first-order valence-electron chi connectivity index (χ1n) is 13.7. The molecule has 0 aliphatic carbocycles. The van der Waals surface area contributed by atoms with Crippen molar-refractivity contribution in [2.45, 2.75) is 13.0 Å². The molecule has 0 unspecified atom stereocenters. The third-order valence-corrected chi connectivity index (χ3v) is 6.77. The number of phenolic OH excluding ortho intramolecular Hbond substituents is 2. The summed E-state index contributed by atoms with van der Waals surface area (Å²) in [7, 11) is 1.37. The molecule has 0 saturated heterocycles. The maximum Gasteiger partial charge on any atom is 0.372 e. The fourth-order valence-electron chi connectivity index (χ4n) is 4.41. The Bertz CT molecular complexity index is 2020. The Kier molecular flexibility index (Phi) is 10.3. The number of pyridine rings is 1. The largest absolute Gasteiger partial charge is 0.505 e. The van der Waals surface area contributed by atoms with Gasteiger partial charge in [-0.15, -0.1) is 0 Å². The lowest BCUT2D eigenvalue weighted by Gasteiger charge is -2.08. The molecule has 47 heavy (non-hydrogen) atoms. The number of phenols is 3. The number of fused-ring (bicyclic) bond motifs is 1. The molecule has 5 rings (SSSR count). The van der Waals surface area contributed by atoms with E-state index in [4.69, 9.17) is 14.9 Å². The van der Waals surface area contributed by atoms with Crippen molar-refractivity contribution in [2.75, 3.05) is 7.11 Å². The van der Waals surface area contributed by atoms with Crippen molar-refractivity contribution in [1.29, 1.82) is 0 Å². The summed E-state index contributed by atoms with van der Waals surface area (Å²) in [5.41, 5.74) is 2.02. The number of aliphatic carboxylic acids is 1. The van der Waals surface area contributed by atoms with Crippen LogP contribution < -0.4 is 4.74 Å². The number of halogens is 1. The molecule has 2 heterocycles. The fraction of sp³-hybridized carbons (Fsp3) is 0.0882. The number of carboxylic acids is 2. The number of ketones is 2. The molecule has 12 nitrogen and oxygen atoms in total. The number of nitrogens with zero attached hydrogens (tertiary/aromatic N) is 2. The molecule has 0 bridgehead atoms. The smallest absolute Gasteiger partial charge is 0.372 e. The lowest BCUT2D eigenvalue weighted by Crippen LogP contribution is -2.19. The molecule has 5 aromatic rings. The van der Waals surface area contributed by atoms with Crippen LogP contribution in [0.5, 0.6) is 23.0 Å². The van der Waals surface area contributed by atoms with E-state index in [9.17, 15) is 38.9 Å². The molecule has 0 amide bonds. The van der Waals surface area contributed by atoms with E-state index in [1.807, 2.05) is 0 Å². The topological polar surface area (TPSA) is 196 Å². The Morgan fingerprint density at radius 1 is 0.894 bits per heavy atom. The summed E-state index contributed by atoms with van der Waals surface area (Å²) in [6, 6.07) is 18.1. The van der Waals surface area contributed by atoms with Gasteiger partial charge in [0.15, 0.2) is 23.0 Å². The lowest BCUT2D eigenvalue weighted by molar-refractivity contribution is -0.148. The number of carboxylic acid groups (broad SMARTS) is 2. The van der Waals surface area contributed by atoms with E-state index in [2.05, 4.69) is 4.98 Å². The normalized spacial score (nSPS) is 10.8. The maximum atomic E-state index is 12.8. The van der Waals surface area contributed by atoms with Gasteiger partial charge in [0, 0.05) is 18.1 Å². The number of carbonyl (C=O) groups is 4. The number of benzene rings is 3. The maximum absolute atomic E-state index is 12.8. The summed E-state index contributed by atoms with van der Waals surface area (Å²) in [6.45, 7) is 0.329. The standard InChI is InChI=1S/C19H15NO6.C15H12FNO4/c1-26-15-9-10(8-14(21)18(15)23)2-5-12-6-3-11-4-7-13(19(24)25)17(22)16(11)20-12;16-11-5-3-10(4-6-11)9-17-7-1-2-12(17)13(18)8-14(19)15(20)21/h2-9,21-23H,1H3,(H,24,25);1-7H,8-9H2,(H,20,21)/b5-2+;. The molecule has 0 saturated carbocycles. The van der Waals surface area contributed by atoms with Crippen LogP contribution in [0.4, 0.5) is 4.39 Å². The molecule has 0 fully saturated rings. The van der Waals surface area contributed by atoms with Gasteiger partial charge in [0.2, 0.25) is 11.5 Å². The number of hydrogen-bond donors (Lipinski definition) is 5. The molecular weight excluding hydrogens is 615 g/mol. The minimum absolute atomic E-state index is 0.125. The molecule has 0 aliphatic rings. The first kappa shape index (κ1) is 33.4. The van der Waals surface area contributed by atoms with Crippen molar-refractivity contribution < 1.29 is 53.8 Å². The van der Waals surface area contributed by atoms with E-state index in [1.165, 1.54) is 43.5 Å². The second-order valence-corrected chi connectivity index (χ2v) is 9.98. The highest BCUT2D eigenvalue weighted by Crippen LogP contribution is 2.37. The minimum atomic E-state index is -1.63. The van der Waals surface area contributed by atoms with Gasteiger partial charge in [0.25, 0.3) is 0 Å².